The fraction of sp³-hybridized carbons (Fsp3) is 0.0938. The van der Waals surface area contributed by atoms with Crippen LogP contribution in [0.3, 0.4) is 0 Å². The highest BCUT2D eigenvalue weighted by Crippen LogP contribution is 2.32. The third-order valence-electron chi connectivity index (χ3n) is 6.35. The van der Waals surface area contributed by atoms with Crippen LogP contribution in [-0.2, 0) is 6.42 Å². The van der Waals surface area contributed by atoms with Gasteiger partial charge in [0.2, 0.25) is 0 Å². The highest BCUT2D eigenvalue weighted by Gasteiger charge is 2.18. The largest absolute Gasteiger partial charge is 0.497 e. The molecule has 0 aliphatic rings. The average Bonchev–Trinajstić information content (AvgIpc) is 3.43. The van der Waals surface area contributed by atoms with Crippen LogP contribution in [-0.4, -0.2) is 28.8 Å². The second kappa shape index (κ2) is 11.4. The summed E-state index contributed by atoms with van der Waals surface area (Å²) >= 11 is 0. The first-order valence-corrected chi connectivity index (χ1v) is 12.4. The van der Waals surface area contributed by atoms with Crippen LogP contribution in [0.25, 0.3) is 22.4 Å². The van der Waals surface area contributed by atoms with Gasteiger partial charge in [0.1, 0.15) is 11.6 Å². The van der Waals surface area contributed by atoms with Gasteiger partial charge in [0.15, 0.2) is 5.78 Å². The number of carbonyl (C=O) groups is 2. The van der Waals surface area contributed by atoms with Crippen molar-refractivity contribution in [3.8, 4) is 28.1 Å². The SMILES string of the molecule is COc1ccc(-c2cc(-c3ccccc3)[nH]c2C(=O)CCc2ccc(C(=O)Nc3ccccn3)cc2)cc1. The third kappa shape index (κ3) is 5.71. The number of aromatic amines is 1. The molecule has 0 bridgehead atoms. The Morgan fingerprint density at radius 2 is 1.58 bits per heavy atom. The number of ketones is 1. The minimum absolute atomic E-state index is 0.0231. The lowest BCUT2D eigenvalue weighted by Crippen LogP contribution is -2.12. The lowest BCUT2D eigenvalue weighted by atomic mass is 9.99. The molecule has 6 heteroatoms. The van der Waals surface area contributed by atoms with Gasteiger partial charge >= 0.3 is 0 Å². The number of hydrogen-bond acceptors (Lipinski definition) is 4. The van der Waals surface area contributed by atoms with Gasteiger partial charge in [0, 0.05) is 29.4 Å². The number of nitrogens with zero attached hydrogens (tertiary/aromatic N) is 1. The highest BCUT2D eigenvalue weighted by atomic mass is 16.5. The Hall–Kier alpha value is -4.97. The van der Waals surface area contributed by atoms with E-state index in [1.54, 1.807) is 37.6 Å². The molecule has 38 heavy (non-hydrogen) atoms. The molecule has 0 saturated carbocycles. The first-order chi connectivity index (χ1) is 18.6. The molecule has 2 aromatic heterocycles. The normalized spacial score (nSPS) is 10.7. The first kappa shape index (κ1) is 24.7. The molecule has 0 aliphatic heterocycles. The molecule has 0 saturated heterocycles. The van der Waals surface area contributed by atoms with Crippen LogP contribution in [0.1, 0.15) is 32.8 Å². The molecule has 2 heterocycles. The fourth-order valence-electron chi connectivity index (χ4n) is 4.28. The number of nitrogens with one attached hydrogen (secondary N) is 2. The zero-order chi connectivity index (χ0) is 26.3. The zero-order valence-electron chi connectivity index (χ0n) is 21.0. The molecule has 188 valence electrons. The van der Waals surface area contributed by atoms with E-state index in [9.17, 15) is 9.59 Å². The molecule has 1 amide bonds. The number of amides is 1. The van der Waals surface area contributed by atoms with E-state index in [1.807, 2.05) is 78.9 Å². The second-order valence-corrected chi connectivity index (χ2v) is 8.86. The summed E-state index contributed by atoms with van der Waals surface area (Å²) < 4.78 is 5.29. The quantitative estimate of drug-likeness (QED) is 0.217. The van der Waals surface area contributed by atoms with Crippen molar-refractivity contribution < 1.29 is 14.3 Å². The Morgan fingerprint density at radius 3 is 2.26 bits per heavy atom. The number of aryl methyl sites for hydroxylation is 1. The molecule has 2 N–H and O–H groups in total. The van der Waals surface area contributed by atoms with Crippen molar-refractivity contribution in [2.45, 2.75) is 12.8 Å². The van der Waals surface area contributed by atoms with Crippen molar-refractivity contribution in [2.75, 3.05) is 12.4 Å². The van der Waals surface area contributed by atoms with Gasteiger partial charge in [-0.25, -0.2) is 4.98 Å². The number of methoxy groups -OCH3 is 1. The maximum Gasteiger partial charge on any atom is 0.256 e. The summed E-state index contributed by atoms with van der Waals surface area (Å²) in [7, 11) is 1.63. The monoisotopic (exact) mass is 501 g/mol. The van der Waals surface area contributed by atoms with E-state index in [1.165, 1.54) is 0 Å². The first-order valence-electron chi connectivity index (χ1n) is 12.4. The van der Waals surface area contributed by atoms with E-state index >= 15 is 0 Å². The van der Waals surface area contributed by atoms with Gasteiger partial charge in [-0.05, 0) is 65.6 Å². The van der Waals surface area contributed by atoms with Crippen molar-refractivity contribution in [2.24, 2.45) is 0 Å². The maximum absolute atomic E-state index is 13.4. The Bertz CT molecular complexity index is 1530. The number of aromatic nitrogens is 2. The molecule has 5 rings (SSSR count). The topological polar surface area (TPSA) is 84.1 Å². The van der Waals surface area contributed by atoms with Crippen molar-refractivity contribution in [1.82, 2.24) is 9.97 Å². The molecule has 0 spiro atoms. The smallest absolute Gasteiger partial charge is 0.256 e. The number of pyridine rings is 1. The van der Waals surface area contributed by atoms with E-state index in [0.717, 1.165) is 33.7 Å². The van der Waals surface area contributed by atoms with Crippen molar-refractivity contribution in [1.29, 1.82) is 0 Å². The van der Waals surface area contributed by atoms with Crippen LogP contribution in [0, 0.1) is 0 Å². The van der Waals surface area contributed by atoms with E-state index in [2.05, 4.69) is 15.3 Å². The highest BCUT2D eigenvalue weighted by molar-refractivity contribution is 6.04. The molecule has 0 atom stereocenters. The van der Waals surface area contributed by atoms with Crippen LogP contribution in [0.15, 0.2) is 109 Å². The Kier molecular flexibility index (Phi) is 7.41. The Morgan fingerprint density at radius 1 is 0.842 bits per heavy atom. The van der Waals surface area contributed by atoms with Crippen LogP contribution in [0.5, 0.6) is 5.75 Å². The third-order valence-corrected chi connectivity index (χ3v) is 6.35. The standard InChI is InChI=1S/C32H27N3O3/c1-38-26-17-15-23(16-18-26)27-21-28(24-7-3-2-4-8-24)34-31(27)29(36)19-12-22-10-13-25(14-11-22)32(37)35-30-9-5-6-20-33-30/h2-11,13-18,20-21,34H,12,19H2,1H3,(H,33,35,37). The van der Waals surface area contributed by atoms with Crippen LogP contribution in [0.4, 0.5) is 5.82 Å². The zero-order valence-corrected chi connectivity index (χ0v) is 21.0. The minimum Gasteiger partial charge on any atom is -0.497 e. The van der Waals surface area contributed by atoms with Crippen molar-refractivity contribution in [3.05, 3.63) is 126 Å². The number of anilines is 1. The number of Topliss-reactive ketones (excluding diaryl/α,β-unsaturated/α-hetero) is 1. The Balaban J connectivity index is 1.32. The summed E-state index contributed by atoms with van der Waals surface area (Å²) in [5.41, 5.74) is 5.80. The average molecular weight is 502 g/mol. The minimum atomic E-state index is -0.227. The van der Waals surface area contributed by atoms with E-state index in [-0.39, 0.29) is 11.7 Å². The number of benzene rings is 3. The Labute approximate surface area is 221 Å². The number of hydrogen-bond donors (Lipinski definition) is 2. The van der Waals surface area contributed by atoms with Gasteiger partial charge in [-0.1, -0.05) is 60.7 Å². The van der Waals surface area contributed by atoms with Gasteiger partial charge in [0.25, 0.3) is 5.91 Å². The van der Waals surface area contributed by atoms with Gasteiger partial charge in [-0.15, -0.1) is 0 Å². The van der Waals surface area contributed by atoms with Crippen LogP contribution in [0.2, 0.25) is 0 Å². The van der Waals surface area contributed by atoms with Gasteiger partial charge < -0.3 is 15.0 Å². The van der Waals surface area contributed by atoms with E-state index < -0.39 is 0 Å². The fourth-order valence-corrected chi connectivity index (χ4v) is 4.28. The molecule has 6 nitrogen and oxygen atoms in total. The van der Waals surface area contributed by atoms with E-state index in [0.29, 0.717) is 29.9 Å². The molecule has 0 unspecified atom stereocenters. The lowest BCUT2D eigenvalue weighted by molar-refractivity contribution is 0.0977. The second-order valence-electron chi connectivity index (χ2n) is 8.86. The number of H-pyrrole nitrogens is 1. The van der Waals surface area contributed by atoms with Crippen LogP contribution >= 0.6 is 0 Å². The summed E-state index contributed by atoms with van der Waals surface area (Å²) in [5, 5.41) is 2.78. The predicted octanol–water partition coefficient (Wildman–Crippen LogP) is 6.82. The number of carbonyl (C=O) groups excluding carboxylic acids is 2. The molecule has 0 radical (unpaired) electrons. The molecular weight excluding hydrogens is 474 g/mol. The van der Waals surface area contributed by atoms with Gasteiger partial charge in [-0.2, -0.15) is 0 Å². The summed E-state index contributed by atoms with van der Waals surface area (Å²) in [4.78, 5) is 33.4. The maximum atomic E-state index is 13.4. The molecular formula is C32H27N3O3. The lowest BCUT2D eigenvalue weighted by Gasteiger charge is -2.07. The molecule has 0 aliphatic carbocycles. The summed E-state index contributed by atoms with van der Waals surface area (Å²) in [6, 6.07) is 32.3. The summed E-state index contributed by atoms with van der Waals surface area (Å²) in [6.45, 7) is 0. The van der Waals surface area contributed by atoms with Gasteiger partial charge in [0.05, 0.1) is 12.8 Å². The molecule has 5 aromatic rings. The van der Waals surface area contributed by atoms with Crippen molar-refractivity contribution in [3.63, 3.8) is 0 Å². The van der Waals surface area contributed by atoms with E-state index in [4.69, 9.17) is 4.74 Å². The molecule has 3 aromatic carbocycles. The predicted molar refractivity (Wildman–Crippen MR) is 150 cm³/mol. The summed E-state index contributed by atoms with van der Waals surface area (Å²) in [6.07, 6.45) is 2.52. The van der Waals surface area contributed by atoms with Gasteiger partial charge in [-0.3, -0.25) is 9.59 Å². The number of rotatable bonds is 9. The summed E-state index contributed by atoms with van der Waals surface area (Å²) in [5.74, 6) is 1.06. The van der Waals surface area contributed by atoms with Crippen LogP contribution < -0.4 is 10.1 Å². The molecule has 0 fully saturated rings. The number of ether oxygens (including phenoxy) is 1. The van der Waals surface area contributed by atoms with Crippen molar-refractivity contribution >= 4 is 17.5 Å².